The molecule has 1 unspecified atom stereocenters. The van der Waals surface area contributed by atoms with Crippen molar-refractivity contribution in [3.8, 4) is 0 Å². The van der Waals surface area contributed by atoms with Crippen LogP contribution in [-0.4, -0.2) is 73.6 Å². The van der Waals surface area contributed by atoms with Crippen LogP contribution in [-0.2, 0) is 9.53 Å². The molecule has 2 aliphatic heterocycles. The molecule has 0 aromatic rings. The number of ether oxygens (including phenoxy) is 1. The Bertz CT molecular complexity index is 461. The van der Waals surface area contributed by atoms with Crippen molar-refractivity contribution in [2.24, 2.45) is 10.9 Å². The number of unbranched alkanes of at least 4 members (excludes halogenated alkanes) is 1. The number of carbonyl (C=O) groups is 1. The maximum absolute atomic E-state index is 11.9. The summed E-state index contributed by atoms with van der Waals surface area (Å²) in [7, 11) is 0. The molecule has 0 spiro atoms. The van der Waals surface area contributed by atoms with Gasteiger partial charge in [0.25, 0.3) is 0 Å². The van der Waals surface area contributed by atoms with Crippen LogP contribution in [0.4, 0.5) is 0 Å². The number of aliphatic imine (C=N–C) groups is 1. The number of piperidine rings is 2. The minimum absolute atomic E-state index is 0.0361. The van der Waals surface area contributed by atoms with Gasteiger partial charge in [0, 0.05) is 32.2 Å². The molecule has 0 amide bonds. The molecule has 2 aliphatic rings. The lowest BCUT2D eigenvalue weighted by Crippen LogP contribution is -2.46. The normalized spacial score (nSPS) is 22.7. The van der Waals surface area contributed by atoms with E-state index in [1.54, 1.807) is 0 Å². The van der Waals surface area contributed by atoms with Gasteiger partial charge in [-0.3, -0.25) is 9.79 Å². The first kappa shape index (κ1) is 22.0. The van der Waals surface area contributed by atoms with Gasteiger partial charge in [-0.2, -0.15) is 0 Å². The molecular weight excluding hydrogens is 340 g/mol. The van der Waals surface area contributed by atoms with Gasteiger partial charge in [-0.1, -0.05) is 6.42 Å². The number of nitrogens with zero attached hydrogens (tertiary/aromatic N) is 3. The highest BCUT2D eigenvalue weighted by molar-refractivity contribution is 5.80. The molecular formula is C21H40N4O2. The highest BCUT2D eigenvalue weighted by Gasteiger charge is 2.27. The zero-order valence-electron chi connectivity index (χ0n) is 17.7. The molecule has 0 bridgehead atoms. The van der Waals surface area contributed by atoms with Crippen LogP contribution in [0, 0.1) is 5.92 Å². The zero-order valence-corrected chi connectivity index (χ0v) is 17.7. The lowest BCUT2D eigenvalue weighted by molar-refractivity contribution is -0.149. The predicted octanol–water partition coefficient (Wildman–Crippen LogP) is 2.88. The van der Waals surface area contributed by atoms with Gasteiger partial charge in [-0.25, -0.2) is 0 Å². The molecule has 0 aromatic carbocycles. The molecule has 6 nitrogen and oxygen atoms in total. The second-order valence-corrected chi connectivity index (χ2v) is 7.84. The molecule has 1 atom stereocenters. The first-order valence-electron chi connectivity index (χ1n) is 11.1. The number of likely N-dealkylation sites (tertiary alicyclic amines) is 2. The topological polar surface area (TPSA) is 57.2 Å². The number of rotatable bonds is 8. The summed E-state index contributed by atoms with van der Waals surface area (Å²) in [5.41, 5.74) is 0. The molecule has 2 fully saturated rings. The number of hydrogen-bond donors (Lipinski definition) is 1. The average Bonchev–Trinajstić information content (AvgIpc) is 2.68. The third-order valence-corrected chi connectivity index (χ3v) is 5.80. The van der Waals surface area contributed by atoms with Crippen LogP contribution in [0.1, 0.15) is 65.7 Å². The maximum atomic E-state index is 11.9. The number of nitrogens with one attached hydrogen (secondary N) is 1. The Morgan fingerprint density at radius 3 is 2.56 bits per heavy atom. The van der Waals surface area contributed by atoms with E-state index in [1.165, 1.54) is 38.8 Å². The Morgan fingerprint density at radius 1 is 1.11 bits per heavy atom. The van der Waals surface area contributed by atoms with E-state index in [-0.39, 0.29) is 11.9 Å². The van der Waals surface area contributed by atoms with Crippen LogP contribution in [0.5, 0.6) is 0 Å². The van der Waals surface area contributed by atoms with Crippen molar-refractivity contribution in [1.82, 2.24) is 15.1 Å². The van der Waals surface area contributed by atoms with Crippen LogP contribution in [0.3, 0.4) is 0 Å². The van der Waals surface area contributed by atoms with Gasteiger partial charge in [-0.15, -0.1) is 0 Å². The summed E-state index contributed by atoms with van der Waals surface area (Å²) in [6.45, 7) is 12.8. The molecule has 0 aliphatic carbocycles. The van der Waals surface area contributed by atoms with Crippen LogP contribution >= 0.6 is 0 Å². The first-order chi connectivity index (χ1) is 13.2. The molecule has 27 heavy (non-hydrogen) atoms. The van der Waals surface area contributed by atoms with Crippen LogP contribution in [0.2, 0.25) is 0 Å². The summed E-state index contributed by atoms with van der Waals surface area (Å²) in [4.78, 5) is 21.7. The lowest BCUT2D eigenvalue weighted by Gasteiger charge is -2.33. The SMILES string of the molecule is CCNC(=NCCCCN1CCCCC1C)N1CCC(C(=O)OCC)CC1. The molecule has 2 saturated heterocycles. The third kappa shape index (κ3) is 7.32. The summed E-state index contributed by atoms with van der Waals surface area (Å²) in [5.74, 6) is 1.02. The van der Waals surface area contributed by atoms with Gasteiger partial charge in [0.2, 0.25) is 0 Å². The van der Waals surface area contributed by atoms with Gasteiger partial charge in [0.05, 0.1) is 12.5 Å². The summed E-state index contributed by atoms with van der Waals surface area (Å²) in [6.07, 6.45) is 8.17. The van der Waals surface area contributed by atoms with Gasteiger partial charge in [0.1, 0.15) is 0 Å². The van der Waals surface area contributed by atoms with Crippen molar-refractivity contribution in [3.05, 3.63) is 0 Å². The first-order valence-corrected chi connectivity index (χ1v) is 11.1. The fraction of sp³-hybridized carbons (Fsp3) is 0.905. The monoisotopic (exact) mass is 380 g/mol. The smallest absolute Gasteiger partial charge is 0.309 e. The maximum Gasteiger partial charge on any atom is 0.309 e. The van der Waals surface area contributed by atoms with E-state index in [1.807, 2.05) is 6.92 Å². The van der Waals surface area contributed by atoms with Gasteiger partial charge >= 0.3 is 5.97 Å². The van der Waals surface area contributed by atoms with Crippen molar-refractivity contribution >= 4 is 11.9 Å². The molecule has 2 rings (SSSR count). The van der Waals surface area contributed by atoms with Gasteiger partial charge in [0.15, 0.2) is 5.96 Å². The Labute approximate surface area is 165 Å². The molecule has 2 heterocycles. The fourth-order valence-corrected chi connectivity index (χ4v) is 4.11. The summed E-state index contributed by atoms with van der Waals surface area (Å²) in [5, 5.41) is 3.42. The molecule has 1 N–H and O–H groups in total. The van der Waals surface area contributed by atoms with E-state index in [0.717, 1.165) is 57.4 Å². The highest BCUT2D eigenvalue weighted by Crippen LogP contribution is 2.19. The van der Waals surface area contributed by atoms with E-state index >= 15 is 0 Å². The number of carbonyl (C=O) groups excluding carboxylic acids is 1. The van der Waals surface area contributed by atoms with Crippen LogP contribution < -0.4 is 5.32 Å². The van der Waals surface area contributed by atoms with Crippen molar-refractivity contribution in [2.75, 3.05) is 45.9 Å². The summed E-state index contributed by atoms with van der Waals surface area (Å²) < 4.78 is 5.17. The number of guanidine groups is 1. The van der Waals surface area contributed by atoms with Crippen molar-refractivity contribution in [2.45, 2.75) is 71.8 Å². The standard InChI is InChI=1S/C21H40N4O2/c1-4-22-21(25-16-11-19(12-17-25)20(26)27-5-2)23-13-7-9-15-24-14-8-6-10-18(24)3/h18-19H,4-17H2,1-3H3,(H,22,23). The quantitative estimate of drug-likeness (QED) is 0.304. The van der Waals surface area contributed by atoms with Gasteiger partial charge < -0.3 is 19.9 Å². The molecule has 0 saturated carbocycles. The van der Waals surface area contributed by atoms with E-state index in [0.29, 0.717) is 6.61 Å². The van der Waals surface area contributed by atoms with Crippen LogP contribution in [0.15, 0.2) is 4.99 Å². The zero-order chi connectivity index (χ0) is 19.5. The summed E-state index contributed by atoms with van der Waals surface area (Å²) >= 11 is 0. The Hall–Kier alpha value is -1.30. The minimum Gasteiger partial charge on any atom is -0.466 e. The second-order valence-electron chi connectivity index (χ2n) is 7.84. The van der Waals surface area contributed by atoms with Crippen LogP contribution in [0.25, 0.3) is 0 Å². The van der Waals surface area contributed by atoms with Gasteiger partial charge in [-0.05, 0) is 72.4 Å². The molecule has 6 heteroatoms. The Kier molecular flexibility index (Phi) is 9.95. The fourth-order valence-electron chi connectivity index (χ4n) is 4.11. The second kappa shape index (κ2) is 12.2. The molecule has 0 radical (unpaired) electrons. The number of esters is 1. The Morgan fingerprint density at radius 2 is 1.89 bits per heavy atom. The van der Waals surface area contributed by atoms with Crippen molar-refractivity contribution < 1.29 is 9.53 Å². The van der Waals surface area contributed by atoms with E-state index in [9.17, 15) is 4.79 Å². The van der Waals surface area contributed by atoms with E-state index in [2.05, 4.69) is 29.0 Å². The summed E-state index contributed by atoms with van der Waals surface area (Å²) in [6, 6.07) is 0.750. The van der Waals surface area contributed by atoms with E-state index in [4.69, 9.17) is 9.73 Å². The van der Waals surface area contributed by atoms with Crippen molar-refractivity contribution in [3.63, 3.8) is 0 Å². The minimum atomic E-state index is -0.0361. The van der Waals surface area contributed by atoms with E-state index < -0.39 is 0 Å². The largest absolute Gasteiger partial charge is 0.466 e. The lowest BCUT2D eigenvalue weighted by atomic mass is 9.97. The molecule has 0 aromatic heterocycles. The Balaban J connectivity index is 1.71. The predicted molar refractivity (Wildman–Crippen MR) is 111 cm³/mol. The highest BCUT2D eigenvalue weighted by atomic mass is 16.5. The molecule has 156 valence electrons. The average molecular weight is 381 g/mol. The number of hydrogen-bond acceptors (Lipinski definition) is 4. The third-order valence-electron chi connectivity index (χ3n) is 5.80. The van der Waals surface area contributed by atoms with Crippen molar-refractivity contribution in [1.29, 1.82) is 0 Å².